The van der Waals surface area contributed by atoms with Crippen LogP contribution in [-0.2, 0) is 14.4 Å². The fourth-order valence-electron chi connectivity index (χ4n) is 1.16. The summed E-state index contributed by atoms with van der Waals surface area (Å²) in [5.74, 6) is -0.668. The van der Waals surface area contributed by atoms with E-state index < -0.39 is 18.2 Å². The van der Waals surface area contributed by atoms with Crippen LogP contribution < -0.4 is 5.73 Å². The number of oxime groups is 1. The zero-order valence-electron chi connectivity index (χ0n) is 9.63. The standard InChI is InChI=1S/C10H12FN3O3S/c1-2-16-9(15)8(6-4-18-10(12)13-6)14-17-7-3-5(7)11/h4-5,7H,2-3H2,1H3,(H2,12,13). The van der Waals surface area contributed by atoms with Crippen molar-refractivity contribution in [3.63, 3.8) is 0 Å². The number of nitrogens with zero attached hydrogens (tertiary/aromatic N) is 2. The number of aromatic nitrogens is 1. The van der Waals surface area contributed by atoms with Crippen LogP contribution in [0.25, 0.3) is 0 Å². The maximum Gasteiger partial charge on any atom is 0.362 e. The topological polar surface area (TPSA) is 86.8 Å². The summed E-state index contributed by atoms with van der Waals surface area (Å²) in [6.07, 6.45) is -1.30. The molecule has 1 aliphatic rings. The molecule has 0 saturated heterocycles. The van der Waals surface area contributed by atoms with Gasteiger partial charge in [-0.1, -0.05) is 5.16 Å². The van der Waals surface area contributed by atoms with Crippen LogP contribution in [0.1, 0.15) is 19.0 Å². The van der Waals surface area contributed by atoms with Gasteiger partial charge in [0.1, 0.15) is 11.9 Å². The SMILES string of the molecule is CCOC(=O)C(=NOC1CC1F)c1csc(N)n1. The van der Waals surface area contributed by atoms with Crippen LogP contribution >= 0.6 is 11.3 Å². The van der Waals surface area contributed by atoms with E-state index in [1.165, 1.54) is 11.3 Å². The third-order valence-electron chi connectivity index (χ3n) is 2.17. The van der Waals surface area contributed by atoms with Crippen LogP contribution in [0.3, 0.4) is 0 Å². The van der Waals surface area contributed by atoms with Gasteiger partial charge >= 0.3 is 5.97 Å². The van der Waals surface area contributed by atoms with Gasteiger partial charge in [-0.25, -0.2) is 14.2 Å². The van der Waals surface area contributed by atoms with Crippen LogP contribution in [0.5, 0.6) is 0 Å². The summed E-state index contributed by atoms with van der Waals surface area (Å²) in [5, 5.41) is 5.50. The van der Waals surface area contributed by atoms with Crippen LogP contribution in [0, 0.1) is 0 Å². The van der Waals surface area contributed by atoms with E-state index in [4.69, 9.17) is 15.3 Å². The number of alkyl halides is 1. The van der Waals surface area contributed by atoms with Gasteiger partial charge in [-0.3, -0.25) is 0 Å². The molecule has 1 heterocycles. The molecule has 1 aromatic heterocycles. The lowest BCUT2D eigenvalue weighted by atomic mass is 10.3. The highest BCUT2D eigenvalue weighted by molar-refractivity contribution is 7.13. The highest BCUT2D eigenvalue weighted by atomic mass is 32.1. The van der Waals surface area contributed by atoms with Gasteiger partial charge in [0.2, 0.25) is 5.71 Å². The molecule has 2 rings (SSSR count). The van der Waals surface area contributed by atoms with Crippen molar-refractivity contribution in [1.82, 2.24) is 4.98 Å². The van der Waals surface area contributed by atoms with Gasteiger partial charge in [0.15, 0.2) is 11.2 Å². The molecule has 18 heavy (non-hydrogen) atoms. The van der Waals surface area contributed by atoms with Gasteiger partial charge in [0, 0.05) is 11.8 Å². The highest BCUT2D eigenvalue weighted by Gasteiger charge is 2.41. The summed E-state index contributed by atoms with van der Waals surface area (Å²) < 4.78 is 17.5. The van der Waals surface area contributed by atoms with Crippen molar-refractivity contribution in [2.45, 2.75) is 25.6 Å². The monoisotopic (exact) mass is 273 g/mol. The Morgan fingerprint density at radius 2 is 2.50 bits per heavy atom. The molecule has 1 fully saturated rings. The maximum atomic E-state index is 12.6. The Balaban J connectivity index is 2.14. The molecule has 1 aromatic rings. The van der Waals surface area contributed by atoms with Crippen molar-refractivity contribution < 1.29 is 18.8 Å². The highest BCUT2D eigenvalue weighted by Crippen LogP contribution is 2.29. The molecule has 0 aromatic carbocycles. The third-order valence-corrected chi connectivity index (χ3v) is 2.84. The van der Waals surface area contributed by atoms with E-state index in [1.807, 2.05) is 0 Å². The second kappa shape index (κ2) is 5.30. The van der Waals surface area contributed by atoms with E-state index in [1.54, 1.807) is 12.3 Å². The molecule has 0 spiro atoms. The predicted molar refractivity (Wildman–Crippen MR) is 64.1 cm³/mol. The zero-order valence-corrected chi connectivity index (χ0v) is 10.4. The molecule has 2 unspecified atom stereocenters. The Labute approximate surface area is 107 Å². The molecule has 8 heteroatoms. The van der Waals surface area contributed by atoms with Crippen molar-refractivity contribution in [2.75, 3.05) is 12.3 Å². The Morgan fingerprint density at radius 3 is 3.00 bits per heavy atom. The Hall–Kier alpha value is -1.70. The number of nitrogens with two attached hydrogens (primary N) is 1. The van der Waals surface area contributed by atoms with Crippen molar-refractivity contribution in [3.8, 4) is 0 Å². The maximum absolute atomic E-state index is 12.6. The van der Waals surface area contributed by atoms with E-state index in [0.29, 0.717) is 11.6 Å². The summed E-state index contributed by atoms with van der Waals surface area (Å²) >= 11 is 1.17. The van der Waals surface area contributed by atoms with Gasteiger partial charge < -0.3 is 15.3 Å². The second-order valence-corrected chi connectivity index (χ2v) is 4.52. The summed E-state index contributed by atoms with van der Waals surface area (Å²) in [6.45, 7) is 1.87. The van der Waals surface area contributed by atoms with Crippen molar-refractivity contribution in [3.05, 3.63) is 11.1 Å². The second-order valence-electron chi connectivity index (χ2n) is 3.63. The average Bonchev–Trinajstić information content (AvgIpc) is 2.84. The smallest absolute Gasteiger partial charge is 0.362 e. The zero-order chi connectivity index (χ0) is 13.1. The first-order valence-corrected chi connectivity index (χ1v) is 6.26. The van der Waals surface area contributed by atoms with E-state index in [-0.39, 0.29) is 18.0 Å². The molecule has 98 valence electrons. The number of nitrogen functional groups attached to an aromatic ring is 1. The minimum Gasteiger partial charge on any atom is -0.461 e. The molecule has 1 saturated carbocycles. The quantitative estimate of drug-likeness (QED) is 0.493. The fraction of sp³-hybridized carbons (Fsp3) is 0.500. The first-order chi connectivity index (χ1) is 8.61. The fourth-order valence-corrected chi connectivity index (χ4v) is 1.71. The van der Waals surface area contributed by atoms with E-state index in [9.17, 15) is 9.18 Å². The van der Waals surface area contributed by atoms with Gasteiger partial charge in [0.25, 0.3) is 0 Å². The van der Waals surface area contributed by atoms with Crippen molar-refractivity contribution in [1.29, 1.82) is 0 Å². The Morgan fingerprint density at radius 1 is 1.78 bits per heavy atom. The molecule has 0 bridgehead atoms. The molecular weight excluding hydrogens is 261 g/mol. The average molecular weight is 273 g/mol. The number of hydrogen-bond acceptors (Lipinski definition) is 7. The summed E-state index contributed by atoms with van der Waals surface area (Å²) in [4.78, 5) is 20.5. The number of ether oxygens (including phenoxy) is 1. The lowest BCUT2D eigenvalue weighted by Crippen LogP contribution is -2.20. The molecule has 0 aliphatic heterocycles. The van der Waals surface area contributed by atoms with Crippen LogP contribution in [0.15, 0.2) is 10.5 Å². The number of anilines is 1. The normalized spacial score (nSPS) is 22.7. The van der Waals surface area contributed by atoms with Gasteiger partial charge in [-0.2, -0.15) is 0 Å². The van der Waals surface area contributed by atoms with Gasteiger partial charge in [-0.15, -0.1) is 11.3 Å². The molecule has 6 nitrogen and oxygen atoms in total. The lowest BCUT2D eigenvalue weighted by Gasteiger charge is -2.03. The summed E-state index contributed by atoms with van der Waals surface area (Å²) in [5.41, 5.74) is 5.66. The van der Waals surface area contributed by atoms with Crippen LogP contribution in [0.2, 0.25) is 0 Å². The molecule has 0 amide bonds. The summed E-state index contributed by atoms with van der Waals surface area (Å²) in [6, 6.07) is 0. The molecular formula is C10H12FN3O3S. The molecule has 2 N–H and O–H groups in total. The van der Waals surface area contributed by atoms with E-state index in [2.05, 4.69) is 10.1 Å². The Bertz CT molecular complexity index is 477. The molecule has 2 atom stereocenters. The predicted octanol–water partition coefficient (Wildman–Crippen LogP) is 1.12. The number of halogens is 1. The first kappa shape index (κ1) is 12.7. The van der Waals surface area contributed by atoms with Crippen molar-refractivity contribution in [2.24, 2.45) is 5.16 Å². The molecule has 1 aliphatic carbocycles. The largest absolute Gasteiger partial charge is 0.461 e. The minimum absolute atomic E-state index is 0.0936. The Kier molecular flexibility index (Phi) is 3.75. The van der Waals surface area contributed by atoms with E-state index in [0.717, 1.165) is 0 Å². The van der Waals surface area contributed by atoms with Gasteiger partial charge in [-0.05, 0) is 6.92 Å². The number of thiazole rings is 1. The van der Waals surface area contributed by atoms with Crippen LogP contribution in [-0.4, -0.2) is 35.5 Å². The number of esters is 1. The number of carbonyl (C=O) groups excluding carboxylic acids is 1. The number of carbonyl (C=O) groups is 1. The number of rotatable bonds is 5. The number of hydrogen-bond donors (Lipinski definition) is 1. The molecule has 0 radical (unpaired) electrons. The minimum atomic E-state index is -1.02. The van der Waals surface area contributed by atoms with Crippen molar-refractivity contribution >= 4 is 28.1 Å². The third kappa shape index (κ3) is 2.95. The van der Waals surface area contributed by atoms with Gasteiger partial charge in [0.05, 0.1) is 6.61 Å². The lowest BCUT2D eigenvalue weighted by molar-refractivity contribution is -0.135. The first-order valence-electron chi connectivity index (χ1n) is 5.38. The summed E-state index contributed by atoms with van der Waals surface area (Å²) in [7, 11) is 0. The van der Waals surface area contributed by atoms with Crippen LogP contribution in [0.4, 0.5) is 9.52 Å². The van der Waals surface area contributed by atoms with E-state index >= 15 is 0 Å².